The molecule has 1 aromatic carbocycles. The molecule has 0 unspecified atom stereocenters. The van der Waals surface area contributed by atoms with E-state index in [2.05, 4.69) is 10.1 Å². The van der Waals surface area contributed by atoms with Crippen LogP contribution in [0.25, 0.3) is 0 Å². The molecule has 7 heteroatoms. The molecule has 1 amide bonds. The van der Waals surface area contributed by atoms with Gasteiger partial charge in [0.2, 0.25) is 5.91 Å². The third-order valence-corrected chi connectivity index (χ3v) is 5.59. The summed E-state index contributed by atoms with van der Waals surface area (Å²) in [5, 5.41) is 5.11. The maximum Gasteiger partial charge on any atom is 0.244 e. The molecule has 1 atom stereocenters. The molecule has 0 spiro atoms. The predicted octanol–water partition coefficient (Wildman–Crippen LogP) is 4.14. The highest BCUT2D eigenvalue weighted by Gasteiger charge is 2.28. The Morgan fingerprint density at radius 1 is 1.31 bits per heavy atom. The number of carbonyl (C=O) groups is 1. The van der Waals surface area contributed by atoms with Gasteiger partial charge in [-0.1, -0.05) is 23.7 Å². The number of hydrogen-bond donors (Lipinski definition) is 0. The molecule has 3 heterocycles. The van der Waals surface area contributed by atoms with E-state index < -0.39 is 0 Å². The number of oxazole rings is 1. The number of piperidine rings is 1. The molecule has 1 aliphatic heterocycles. The van der Waals surface area contributed by atoms with E-state index in [4.69, 9.17) is 16.0 Å². The molecule has 3 aromatic rings. The monoisotopic (exact) mass is 412 g/mol. The van der Waals surface area contributed by atoms with Gasteiger partial charge in [0.1, 0.15) is 12.3 Å². The topological polar surface area (TPSA) is 64.2 Å². The van der Waals surface area contributed by atoms with E-state index in [9.17, 15) is 4.79 Å². The van der Waals surface area contributed by atoms with Gasteiger partial charge in [-0.05, 0) is 50.5 Å². The summed E-state index contributed by atoms with van der Waals surface area (Å²) in [5.74, 6) is 1.74. The number of rotatable bonds is 5. The van der Waals surface area contributed by atoms with Gasteiger partial charge in [0.15, 0.2) is 5.89 Å². The highest BCUT2D eigenvalue weighted by molar-refractivity contribution is 6.30. The maximum atomic E-state index is 12.8. The zero-order valence-corrected chi connectivity index (χ0v) is 17.5. The Bertz CT molecular complexity index is 1010. The summed E-state index contributed by atoms with van der Waals surface area (Å²) in [6.45, 7) is 5.59. The van der Waals surface area contributed by atoms with Crippen LogP contribution in [0.3, 0.4) is 0 Å². The number of nitrogens with zero attached hydrogens (tertiary/aromatic N) is 4. The van der Waals surface area contributed by atoms with Gasteiger partial charge in [-0.15, -0.1) is 0 Å². The minimum atomic E-state index is 0.0895. The van der Waals surface area contributed by atoms with Crippen LogP contribution in [0.1, 0.15) is 47.4 Å². The highest BCUT2D eigenvalue weighted by Crippen LogP contribution is 2.27. The van der Waals surface area contributed by atoms with Crippen LogP contribution < -0.4 is 0 Å². The fraction of sp³-hybridized carbons (Fsp3) is 0.409. The normalized spacial score (nSPS) is 16.9. The fourth-order valence-corrected chi connectivity index (χ4v) is 4.12. The van der Waals surface area contributed by atoms with Gasteiger partial charge in [0.25, 0.3) is 0 Å². The second-order valence-electron chi connectivity index (χ2n) is 7.74. The quantitative estimate of drug-likeness (QED) is 0.631. The lowest BCUT2D eigenvalue weighted by molar-refractivity contribution is -0.133. The molecule has 0 saturated carbocycles. The zero-order chi connectivity index (χ0) is 20.4. The Morgan fingerprint density at radius 2 is 2.17 bits per heavy atom. The Morgan fingerprint density at radius 3 is 2.93 bits per heavy atom. The van der Waals surface area contributed by atoms with Crippen LogP contribution in [0, 0.1) is 13.8 Å². The average molecular weight is 413 g/mol. The van der Waals surface area contributed by atoms with Crippen molar-refractivity contribution in [3.8, 4) is 0 Å². The van der Waals surface area contributed by atoms with Gasteiger partial charge < -0.3 is 9.32 Å². The molecule has 4 rings (SSSR count). The van der Waals surface area contributed by atoms with Crippen molar-refractivity contribution >= 4 is 17.5 Å². The smallest absolute Gasteiger partial charge is 0.244 e. The lowest BCUT2D eigenvalue weighted by Gasteiger charge is -2.31. The molecule has 2 aromatic heterocycles. The first kappa shape index (κ1) is 19.7. The Labute approximate surface area is 175 Å². The summed E-state index contributed by atoms with van der Waals surface area (Å²) < 4.78 is 7.80. The third-order valence-electron chi connectivity index (χ3n) is 5.35. The molecular weight excluding hydrogens is 388 g/mol. The van der Waals surface area contributed by atoms with E-state index in [1.165, 1.54) is 0 Å². The first-order valence-corrected chi connectivity index (χ1v) is 10.3. The molecule has 1 aliphatic rings. The van der Waals surface area contributed by atoms with Crippen molar-refractivity contribution in [3.63, 3.8) is 0 Å². The van der Waals surface area contributed by atoms with Gasteiger partial charge >= 0.3 is 0 Å². The summed E-state index contributed by atoms with van der Waals surface area (Å²) in [7, 11) is 0. The standard InChI is InChI=1S/C22H25ClN4O2/c1-15-9-16(2)27(25-15)14-21(28)26-8-4-6-18(13-26)22-24-12-20(29-22)11-17-5-3-7-19(23)10-17/h3,5,7,9-10,12,18H,4,6,8,11,13-14H2,1-2H3/t18-/m0/s1. The number of hydrogen-bond acceptors (Lipinski definition) is 4. The molecular formula is C22H25ClN4O2. The van der Waals surface area contributed by atoms with Gasteiger partial charge in [-0.3, -0.25) is 9.48 Å². The number of carbonyl (C=O) groups excluding carboxylic acids is 1. The summed E-state index contributed by atoms with van der Waals surface area (Å²) in [4.78, 5) is 19.2. The molecule has 29 heavy (non-hydrogen) atoms. The van der Waals surface area contributed by atoms with Crippen LogP contribution in [0.2, 0.25) is 5.02 Å². The molecule has 6 nitrogen and oxygen atoms in total. The van der Waals surface area contributed by atoms with E-state index in [-0.39, 0.29) is 18.4 Å². The number of likely N-dealkylation sites (tertiary alicyclic amines) is 1. The van der Waals surface area contributed by atoms with E-state index in [0.717, 1.165) is 42.1 Å². The van der Waals surface area contributed by atoms with E-state index in [1.54, 1.807) is 10.9 Å². The van der Waals surface area contributed by atoms with Crippen LogP contribution in [0.15, 0.2) is 40.9 Å². The summed E-state index contributed by atoms with van der Waals surface area (Å²) in [6.07, 6.45) is 4.36. The largest absolute Gasteiger partial charge is 0.445 e. The molecule has 0 radical (unpaired) electrons. The summed E-state index contributed by atoms with van der Waals surface area (Å²) in [5.41, 5.74) is 3.02. The van der Waals surface area contributed by atoms with Crippen molar-refractivity contribution in [1.29, 1.82) is 0 Å². The van der Waals surface area contributed by atoms with Crippen molar-refractivity contribution in [2.45, 2.75) is 45.6 Å². The van der Waals surface area contributed by atoms with Crippen LogP contribution in [-0.4, -0.2) is 38.7 Å². The van der Waals surface area contributed by atoms with Gasteiger partial charge in [0.05, 0.1) is 17.8 Å². The second kappa shape index (κ2) is 8.41. The lowest BCUT2D eigenvalue weighted by Crippen LogP contribution is -2.41. The van der Waals surface area contributed by atoms with Crippen LogP contribution in [-0.2, 0) is 17.8 Å². The van der Waals surface area contributed by atoms with Crippen molar-refractivity contribution in [2.24, 2.45) is 0 Å². The molecule has 0 aliphatic carbocycles. The second-order valence-corrected chi connectivity index (χ2v) is 8.17. The lowest BCUT2D eigenvalue weighted by atomic mass is 9.98. The molecule has 1 fully saturated rings. The van der Waals surface area contributed by atoms with Crippen LogP contribution in [0.5, 0.6) is 0 Å². The van der Waals surface area contributed by atoms with Crippen LogP contribution in [0.4, 0.5) is 0 Å². The fourth-order valence-electron chi connectivity index (χ4n) is 3.91. The third kappa shape index (κ3) is 4.70. The van der Waals surface area contributed by atoms with Crippen LogP contribution >= 0.6 is 11.6 Å². The van der Waals surface area contributed by atoms with E-state index in [0.29, 0.717) is 23.9 Å². The predicted molar refractivity (Wildman–Crippen MR) is 111 cm³/mol. The number of benzene rings is 1. The Hall–Kier alpha value is -2.60. The average Bonchev–Trinajstić information content (AvgIpc) is 3.28. The number of amides is 1. The minimum absolute atomic E-state index is 0.0895. The first-order chi connectivity index (χ1) is 14.0. The van der Waals surface area contributed by atoms with Crippen molar-refractivity contribution in [3.05, 3.63) is 70.2 Å². The van der Waals surface area contributed by atoms with Crippen molar-refractivity contribution < 1.29 is 9.21 Å². The van der Waals surface area contributed by atoms with Gasteiger partial charge in [-0.25, -0.2) is 4.98 Å². The first-order valence-electron chi connectivity index (χ1n) is 9.96. The van der Waals surface area contributed by atoms with E-state index in [1.807, 2.05) is 49.1 Å². The molecule has 0 N–H and O–H groups in total. The van der Waals surface area contributed by atoms with Crippen molar-refractivity contribution in [2.75, 3.05) is 13.1 Å². The maximum absolute atomic E-state index is 12.8. The van der Waals surface area contributed by atoms with Gasteiger partial charge in [-0.2, -0.15) is 5.10 Å². The molecule has 0 bridgehead atoms. The summed E-state index contributed by atoms with van der Waals surface area (Å²) in [6, 6.07) is 9.73. The summed E-state index contributed by atoms with van der Waals surface area (Å²) >= 11 is 6.06. The molecule has 152 valence electrons. The van der Waals surface area contributed by atoms with E-state index >= 15 is 0 Å². The SMILES string of the molecule is Cc1cc(C)n(CC(=O)N2CCC[C@H](c3ncc(Cc4cccc(Cl)c4)o3)C2)n1. The molecule has 1 saturated heterocycles. The Balaban J connectivity index is 1.40. The Kier molecular flexibility index (Phi) is 5.72. The minimum Gasteiger partial charge on any atom is -0.445 e. The van der Waals surface area contributed by atoms with Gasteiger partial charge in [0, 0.05) is 30.2 Å². The number of aromatic nitrogens is 3. The zero-order valence-electron chi connectivity index (χ0n) is 16.8. The number of halogens is 1. The highest BCUT2D eigenvalue weighted by atomic mass is 35.5. The number of aryl methyl sites for hydroxylation is 2. The van der Waals surface area contributed by atoms with Crippen molar-refractivity contribution in [1.82, 2.24) is 19.7 Å².